The molecule has 0 amide bonds. The van der Waals surface area contributed by atoms with Crippen LogP contribution in [0.4, 0.5) is 0 Å². The van der Waals surface area contributed by atoms with Gasteiger partial charge in [0.25, 0.3) is 0 Å². The van der Waals surface area contributed by atoms with Gasteiger partial charge in [-0.25, -0.2) is 19.2 Å². The van der Waals surface area contributed by atoms with Gasteiger partial charge in [0.05, 0.1) is 48.7 Å². The van der Waals surface area contributed by atoms with Crippen LogP contribution in [0.5, 0.6) is 0 Å². The first-order chi connectivity index (χ1) is 27.4. The van der Waals surface area contributed by atoms with Crippen LogP contribution in [0, 0.1) is 11.8 Å². The molecule has 2 aromatic rings. The fraction of sp³-hybridized carbons (Fsp3) is 0.568. The van der Waals surface area contributed by atoms with Gasteiger partial charge in [0.2, 0.25) is 0 Å². The molecule has 0 saturated heterocycles. The summed E-state index contributed by atoms with van der Waals surface area (Å²) >= 11 is 0. The minimum absolute atomic E-state index is 0.0509. The van der Waals surface area contributed by atoms with Crippen LogP contribution in [-0.4, -0.2) is 78.2 Å². The molecule has 0 aromatic heterocycles. The lowest BCUT2D eigenvalue weighted by Crippen LogP contribution is -2.16. The summed E-state index contributed by atoms with van der Waals surface area (Å²) in [5.41, 5.74) is -1.77. The number of aromatic carboxylic acids is 2. The lowest BCUT2D eigenvalue weighted by Gasteiger charge is -2.14. The van der Waals surface area contributed by atoms with E-state index in [2.05, 4.69) is 27.7 Å². The Hall–Kier alpha value is -5.07. The highest BCUT2D eigenvalue weighted by molar-refractivity contribution is 6.13. The summed E-state index contributed by atoms with van der Waals surface area (Å²) in [5, 5.41) is 19.5. The monoisotopic (exact) mass is 796 g/mol. The quantitative estimate of drug-likeness (QED) is 0.0343. The van der Waals surface area contributed by atoms with Crippen molar-refractivity contribution in [2.75, 3.05) is 26.4 Å². The van der Waals surface area contributed by atoms with Crippen molar-refractivity contribution in [3.05, 3.63) is 69.8 Å². The smallest absolute Gasteiger partial charge is 0.339 e. The zero-order chi connectivity index (χ0) is 42.2. The first-order valence-electron chi connectivity index (χ1n) is 20.3. The molecule has 0 saturated carbocycles. The molecule has 0 aliphatic carbocycles. The molecule has 0 radical (unpaired) electrons. The van der Waals surface area contributed by atoms with Gasteiger partial charge < -0.3 is 29.2 Å². The molecule has 314 valence electrons. The largest absolute Gasteiger partial charge is 0.478 e. The minimum atomic E-state index is -1.49. The number of hydrogen-bond acceptors (Lipinski definition) is 11. The predicted octanol–water partition coefficient (Wildman–Crippen LogP) is 8.88. The van der Waals surface area contributed by atoms with Crippen molar-refractivity contribution in [3.63, 3.8) is 0 Å². The fourth-order valence-electron chi connectivity index (χ4n) is 6.01. The van der Waals surface area contributed by atoms with E-state index >= 15 is 0 Å². The number of ketones is 1. The van der Waals surface area contributed by atoms with E-state index in [4.69, 9.17) is 18.9 Å². The summed E-state index contributed by atoms with van der Waals surface area (Å²) in [7, 11) is 0. The molecule has 0 fully saturated rings. The Bertz CT molecular complexity index is 1650. The van der Waals surface area contributed by atoms with Gasteiger partial charge >= 0.3 is 35.8 Å². The van der Waals surface area contributed by atoms with E-state index < -0.39 is 40.8 Å². The van der Waals surface area contributed by atoms with Gasteiger partial charge in [0.1, 0.15) is 0 Å². The summed E-state index contributed by atoms with van der Waals surface area (Å²) in [6.07, 6.45) is 10.9. The average Bonchev–Trinajstić information content (AvgIpc) is 3.21. The van der Waals surface area contributed by atoms with Crippen LogP contribution in [0.3, 0.4) is 0 Å². The first kappa shape index (κ1) is 48.1. The van der Waals surface area contributed by atoms with E-state index in [1.807, 2.05) is 0 Å². The van der Waals surface area contributed by atoms with Crippen molar-refractivity contribution in [2.24, 2.45) is 11.8 Å². The Morgan fingerprint density at radius 2 is 0.947 bits per heavy atom. The summed E-state index contributed by atoms with van der Waals surface area (Å²) in [6.45, 7) is 9.03. The molecule has 13 heteroatoms. The topological polar surface area (TPSA) is 197 Å². The standard InChI is InChI=1S/C44H60O13/c1-5-9-16-30(7-3)28-56-38(45)18-12-11-14-24-55-44(53)37-27-33(20-22-34(37)41(48)49)40(47)32-21-23-35(36(26-32)42(50)51)43(52)54-25-15-13-19-39(46)57-29-31(8-4)17-10-6-2/h20-23,26-27,30-31H,5-19,24-25,28-29H2,1-4H3,(H,48,49)(H,50,51). The molecule has 2 atom stereocenters. The van der Waals surface area contributed by atoms with E-state index in [0.29, 0.717) is 57.2 Å². The molecule has 2 rings (SSSR count). The van der Waals surface area contributed by atoms with E-state index in [0.717, 1.165) is 75.6 Å². The number of esters is 4. The molecule has 2 aromatic carbocycles. The van der Waals surface area contributed by atoms with Gasteiger partial charge in [0.15, 0.2) is 5.78 Å². The zero-order valence-corrected chi connectivity index (χ0v) is 33.9. The Morgan fingerprint density at radius 3 is 1.42 bits per heavy atom. The van der Waals surface area contributed by atoms with Crippen molar-refractivity contribution in [2.45, 2.75) is 124 Å². The van der Waals surface area contributed by atoms with Crippen LogP contribution in [0.1, 0.15) is 181 Å². The molecule has 13 nitrogen and oxygen atoms in total. The van der Waals surface area contributed by atoms with Crippen LogP contribution in [-0.2, 0) is 28.5 Å². The van der Waals surface area contributed by atoms with Crippen LogP contribution < -0.4 is 0 Å². The first-order valence-corrected chi connectivity index (χ1v) is 20.3. The summed E-state index contributed by atoms with van der Waals surface area (Å²) < 4.78 is 21.3. The van der Waals surface area contributed by atoms with Crippen molar-refractivity contribution in [3.8, 4) is 0 Å². The average molecular weight is 797 g/mol. The van der Waals surface area contributed by atoms with Crippen molar-refractivity contribution in [1.82, 2.24) is 0 Å². The van der Waals surface area contributed by atoms with Gasteiger partial charge in [-0.3, -0.25) is 14.4 Å². The second-order valence-electron chi connectivity index (χ2n) is 14.2. The minimum Gasteiger partial charge on any atom is -0.478 e. The SMILES string of the molecule is CCCCC(CC)COC(=O)CCCCCOC(=O)c1cc(C(=O)c2ccc(C(=O)OCCCCC(=O)OCC(CC)CCCC)c(C(=O)O)c2)ccc1C(=O)O. The number of unbranched alkanes of at least 4 members (excludes halogenated alkanes) is 5. The van der Waals surface area contributed by atoms with Crippen LogP contribution in [0.25, 0.3) is 0 Å². The fourth-order valence-corrected chi connectivity index (χ4v) is 6.01. The number of carboxylic acids is 2. The lowest BCUT2D eigenvalue weighted by molar-refractivity contribution is -0.146. The number of benzene rings is 2. The van der Waals surface area contributed by atoms with Gasteiger partial charge in [-0.1, -0.05) is 78.4 Å². The zero-order valence-electron chi connectivity index (χ0n) is 33.9. The Balaban J connectivity index is 1.95. The molecule has 2 unspecified atom stereocenters. The van der Waals surface area contributed by atoms with Crippen molar-refractivity contribution >= 4 is 41.6 Å². The van der Waals surface area contributed by atoms with E-state index in [1.54, 1.807) is 0 Å². The number of rotatable bonds is 29. The normalized spacial score (nSPS) is 11.9. The highest BCUT2D eigenvalue weighted by Gasteiger charge is 2.24. The second kappa shape index (κ2) is 26.7. The summed E-state index contributed by atoms with van der Waals surface area (Å²) in [6, 6.07) is 6.74. The Kier molecular flexibility index (Phi) is 22.5. The molecule has 57 heavy (non-hydrogen) atoms. The maximum absolute atomic E-state index is 13.5. The maximum Gasteiger partial charge on any atom is 0.339 e. The number of carboxylic acid groups (broad SMARTS) is 2. The van der Waals surface area contributed by atoms with Gasteiger partial charge in [0, 0.05) is 24.0 Å². The summed E-state index contributed by atoms with van der Waals surface area (Å²) in [4.78, 5) is 87.5. The predicted molar refractivity (Wildman–Crippen MR) is 212 cm³/mol. The van der Waals surface area contributed by atoms with Crippen LogP contribution in [0.15, 0.2) is 36.4 Å². The molecular formula is C44H60O13. The highest BCUT2D eigenvalue weighted by atomic mass is 16.5. The third-order valence-corrected chi connectivity index (χ3v) is 9.78. The molecule has 0 aliphatic heterocycles. The van der Waals surface area contributed by atoms with E-state index in [9.17, 15) is 43.8 Å². The van der Waals surface area contributed by atoms with Crippen LogP contribution in [0.2, 0.25) is 0 Å². The number of hydrogen-bond donors (Lipinski definition) is 2. The Labute approximate surface area is 335 Å². The number of carbonyl (C=O) groups excluding carboxylic acids is 5. The molecular weight excluding hydrogens is 736 g/mol. The molecule has 2 N–H and O–H groups in total. The third-order valence-electron chi connectivity index (χ3n) is 9.78. The molecule has 0 spiro atoms. The van der Waals surface area contributed by atoms with Crippen LogP contribution >= 0.6 is 0 Å². The molecule has 0 aliphatic rings. The van der Waals surface area contributed by atoms with Gasteiger partial charge in [-0.05, 0) is 81.0 Å². The van der Waals surface area contributed by atoms with Crippen molar-refractivity contribution < 1.29 is 62.7 Å². The third kappa shape index (κ3) is 17.3. The van der Waals surface area contributed by atoms with Crippen molar-refractivity contribution in [1.29, 1.82) is 0 Å². The molecule has 0 bridgehead atoms. The maximum atomic E-state index is 13.5. The number of carbonyl (C=O) groups is 7. The summed E-state index contributed by atoms with van der Waals surface area (Å²) in [5.74, 6) is -5.45. The van der Waals surface area contributed by atoms with E-state index in [1.165, 1.54) is 12.1 Å². The number of ether oxygens (including phenoxy) is 4. The Morgan fingerprint density at radius 1 is 0.509 bits per heavy atom. The lowest BCUT2D eigenvalue weighted by atomic mass is 9.95. The molecule has 0 heterocycles. The van der Waals surface area contributed by atoms with E-state index in [-0.39, 0.29) is 60.2 Å². The van der Waals surface area contributed by atoms with Gasteiger partial charge in [-0.2, -0.15) is 0 Å². The highest BCUT2D eigenvalue weighted by Crippen LogP contribution is 2.21. The van der Waals surface area contributed by atoms with Gasteiger partial charge in [-0.15, -0.1) is 0 Å². The second-order valence-corrected chi connectivity index (χ2v) is 14.2.